The molecule has 2 N–H and O–H groups in total. The maximum atomic E-state index is 13.2. The van der Waals surface area contributed by atoms with E-state index in [9.17, 15) is 4.79 Å². The average molecular weight is 365 g/mol. The Balaban J connectivity index is 1.77. The van der Waals surface area contributed by atoms with Crippen molar-refractivity contribution in [3.05, 3.63) is 69.3 Å². The summed E-state index contributed by atoms with van der Waals surface area (Å²) < 4.78 is 1.77. The molecule has 0 bridgehead atoms. The number of aromatic nitrogens is 3. The number of amides is 1. The zero-order valence-electron chi connectivity index (χ0n) is 14.8. The van der Waals surface area contributed by atoms with E-state index < -0.39 is 0 Å². The van der Waals surface area contributed by atoms with Crippen LogP contribution >= 0.6 is 11.3 Å². The largest absolute Gasteiger partial charge is 0.328 e. The summed E-state index contributed by atoms with van der Waals surface area (Å²) in [6.45, 7) is 5.94. The van der Waals surface area contributed by atoms with Crippen molar-refractivity contribution in [2.75, 3.05) is 10.6 Å². The summed E-state index contributed by atoms with van der Waals surface area (Å²) in [5.41, 5.74) is 3.26. The highest BCUT2D eigenvalue weighted by molar-refractivity contribution is 7.12. The van der Waals surface area contributed by atoms with Crippen molar-refractivity contribution in [2.24, 2.45) is 0 Å². The molecule has 0 aliphatic carbocycles. The average Bonchev–Trinajstić information content (AvgIpc) is 3.24. The molecule has 1 atom stereocenters. The molecule has 2 aromatic heterocycles. The Labute approximate surface area is 155 Å². The molecule has 4 rings (SSSR count). The van der Waals surface area contributed by atoms with Crippen molar-refractivity contribution in [2.45, 2.75) is 26.8 Å². The molecule has 26 heavy (non-hydrogen) atoms. The van der Waals surface area contributed by atoms with E-state index in [1.54, 1.807) is 16.0 Å². The highest BCUT2D eigenvalue weighted by Crippen LogP contribution is 2.38. The van der Waals surface area contributed by atoms with Gasteiger partial charge in [-0.15, -0.1) is 11.3 Å². The van der Waals surface area contributed by atoms with E-state index in [0.29, 0.717) is 11.5 Å². The van der Waals surface area contributed by atoms with E-state index in [-0.39, 0.29) is 11.9 Å². The molecule has 7 heteroatoms. The van der Waals surface area contributed by atoms with Gasteiger partial charge in [-0.3, -0.25) is 4.79 Å². The van der Waals surface area contributed by atoms with Crippen LogP contribution < -0.4 is 10.6 Å². The first-order valence-electron chi connectivity index (χ1n) is 8.35. The van der Waals surface area contributed by atoms with Gasteiger partial charge in [0.15, 0.2) is 0 Å². The van der Waals surface area contributed by atoms with Gasteiger partial charge >= 0.3 is 0 Å². The van der Waals surface area contributed by atoms with E-state index in [2.05, 4.69) is 39.8 Å². The van der Waals surface area contributed by atoms with Crippen molar-refractivity contribution in [1.29, 1.82) is 0 Å². The molecule has 0 unspecified atom stereocenters. The van der Waals surface area contributed by atoms with Gasteiger partial charge in [0.05, 0.1) is 5.57 Å². The normalized spacial score (nSPS) is 16.2. The second kappa shape index (κ2) is 6.42. The Bertz CT molecular complexity index is 1020. The van der Waals surface area contributed by atoms with E-state index in [4.69, 9.17) is 0 Å². The molecular formula is C19H19N5OS. The number of para-hydroxylation sites is 1. The molecule has 0 fully saturated rings. The van der Waals surface area contributed by atoms with Crippen LogP contribution in [0.3, 0.4) is 0 Å². The maximum absolute atomic E-state index is 13.2. The predicted molar refractivity (Wildman–Crippen MR) is 103 cm³/mol. The van der Waals surface area contributed by atoms with Gasteiger partial charge in [-0.05, 0) is 44.5 Å². The van der Waals surface area contributed by atoms with Gasteiger partial charge in [-0.1, -0.05) is 18.2 Å². The number of benzene rings is 1. The fraction of sp³-hybridized carbons (Fsp3) is 0.211. The van der Waals surface area contributed by atoms with Gasteiger partial charge in [-0.2, -0.15) is 10.1 Å². The molecule has 6 nitrogen and oxygen atoms in total. The number of hydrogen-bond acceptors (Lipinski definition) is 5. The molecule has 0 spiro atoms. The molecule has 0 saturated heterocycles. The molecule has 0 saturated carbocycles. The zero-order chi connectivity index (χ0) is 18.3. The number of carbonyl (C=O) groups excluding carboxylic acids is 1. The van der Waals surface area contributed by atoms with Gasteiger partial charge in [0.1, 0.15) is 12.4 Å². The number of fused-ring (bicyclic) bond motifs is 1. The Hall–Kier alpha value is -2.93. The van der Waals surface area contributed by atoms with Gasteiger partial charge in [-0.25, -0.2) is 4.68 Å². The smallest absolute Gasteiger partial charge is 0.255 e. The summed E-state index contributed by atoms with van der Waals surface area (Å²) in [6.07, 6.45) is 1.51. The molecule has 0 radical (unpaired) electrons. The topological polar surface area (TPSA) is 71.8 Å². The number of anilines is 2. The summed E-state index contributed by atoms with van der Waals surface area (Å²) in [6, 6.07) is 11.6. The van der Waals surface area contributed by atoms with E-state index in [1.807, 2.05) is 38.1 Å². The summed E-state index contributed by atoms with van der Waals surface area (Å²) in [5.74, 6) is 0.507. The summed E-state index contributed by atoms with van der Waals surface area (Å²) in [5, 5.41) is 10.6. The van der Waals surface area contributed by atoms with Crippen LogP contribution in [0.5, 0.6) is 0 Å². The third-order valence-corrected chi connectivity index (χ3v) is 5.52. The Morgan fingerprint density at radius 1 is 1.19 bits per heavy atom. The predicted octanol–water partition coefficient (Wildman–Crippen LogP) is 3.88. The highest BCUT2D eigenvalue weighted by Gasteiger charge is 2.34. The zero-order valence-corrected chi connectivity index (χ0v) is 15.6. The summed E-state index contributed by atoms with van der Waals surface area (Å²) in [4.78, 5) is 19.7. The number of aryl methyl sites for hydroxylation is 2. The van der Waals surface area contributed by atoms with Crippen LogP contribution in [0, 0.1) is 13.8 Å². The number of nitrogens with zero attached hydrogens (tertiary/aromatic N) is 3. The second-order valence-electron chi connectivity index (χ2n) is 6.31. The third kappa shape index (κ3) is 2.80. The number of allylic oxidation sites excluding steroid dienone is 1. The van der Waals surface area contributed by atoms with Crippen LogP contribution in [0.2, 0.25) is 0 Å². The van der Waals surface area contributed by atoms with Crippen LogP contribution in [-0.4, -0.2) is 20.7 Å². The van der Waals surface area contributed by atoms with E-state index in [1.165, 1.54) is 11.2 Å². The van der Waals surface area contributed by atoms with Crippen molar-refractivity contribution >= 4 is 28.9 Å². The monoisotopic (exact) mass is 365 g/mol. The number of rotatable bonds is 3. The number of carbonyl (C=O) groups is 1. The lowest BCUT2D eigenvalue weighted by Crippen LogP contribution is -2.31. The van der Waals surface area contributed by atoms with E-state index >= 15 is 0 Å². The van der Waals surface area contributed by atoms with Gasteiger partial charge < -0.3 is 10.6 Å². The van der Waals surface area contributed by atoms with E-state index in [0.717, 1.165) is 21.8 Å². The minimum Gasteiger partial charge on any atom is -0.328 e. The molecule has 132 valence electrons. The second-order valence-corrected chi connectivity index (χ2v) is 7.63. The van der Waals surface area contributed by atoms with Crippen molar-refractivity contribution in [1.82, 2.24) is 14.8 Å². The van der Waals surface area contributed by atoms with Crippen LogP contribution in [0.4, 0.5) is 11.6 Å². The van der Waals surface area contributed by atoms with Crippen LogP contribution in [0.15, 0.2) is 54.0 Å². The first-order valence-corrected chi connectivity index (χ1v) is 9.17. The van der Waals surface area contributed by atoms with Crippen LogP contribution in [-0.2, 0) is 4.79 Å². The first kappa shape index (κ1) is 16.5. The first-order chi connectivity index (χ1) is 12.5. The lowest BCUT2D eigenvalue weighted by Gasteiger charge is -2.28. The standard InChI is InChI=1S/C19H19N5OS/c1-11-6-4-5-7-14(11)23-18(25)16-13(3)22-19-20-10-21-24(19)17(16)15-9-8-12(2)26-15/h4-10,17H,1-3H3,(H,23,25)(H,20,21,22)/t17-/m1/s1. The Kier molecular flexibility index (Phi) is 4.08. The van der Waals surface area contributed by atoms with Crippen molar-refractivity contribution in [3.63, 3.8) is 0 Å². The minimum atomic E-state index is -0.295. The van der Waals surface area contributed by atoms with Gasteiger partial charge in [0.25, 0.3) is 5.91 Å². The number of hydrogen-bond donors (Lipinski definition) is 2. The van der Waals surface area contributed by atoms with Gasteiger partial charge in [0, 0.05) is 21.1 Å². The van der Waals surface area contributed by atoms with Crippen molar-refractivity contribution in [3.8, 4) is 0 Å². The van der Waals surface area contributed by atoms with Gasteiger partial charge in [0.2, 0.25) is 5.95 Å². The molecule has 3 aromatic rings. The Morgan fingerprint density at radius 2 is 2.00 bits per heavy atom. The Morgan fingerprint density at radius 3 is 2.73 bits per heavy atom. The fourth-order valence-electron chi connectivity index (χ4n) is 3.15. The summed E-state index contributed by atoms with van der Waals surface area (Å²) >= 11 is 1.66. The number of thiophene rings is 1. The quantitative estimate of drug-likeness (QED) is 0.739. The third-order valence-electron chi connectivity index (χ3n) is 4.46. The SMILES string of the molecule is CC1=C(C(=O)Nc2ccccc2C)[C@@H](c2ccc(C)s2)n2ncnc2N1. The highest BCUT2D eigenvalue weighted by atomic mass is 32.1. The lowest BCUT2D eigenvalue weighted by molar-refractivity contribution is -0.113. The number of nitrogens with one attached hydrogen (secondary N) is 2. The molecule has 1 amide bonds. The molecule has 1 aliphatic rings. The lowest BCUT2D eigenvalue weighted by atomic mass is 10.0. The van der Waals surface area contributed by atoms with Crippen LogP contribution in [0.1, 0.15) is 28.3 Å². The molecule has 1 aromatic carbocycles. The maximum Gasteiger partial charge on any atom is 0.255 e. The minimum absolute atomic E-state index is 0.137. The molecular weight excluding hydrogens is 346 g/mol. The summed E-state index contributed by atoms with van der Waals surface area (Å²) in [7, 11) is 0. The molecule has 3 heterocycles. The molecule has 1 aliphatic heterocycles. The van der Waals surface area contributed by atoms with Crippen LogP contribution in [0.25, 0.3) is 0 Å². The fourth-order valence-corrected chi connectivity index (χ4v) is 4.12. The van der Waals surface area contributed by atoms with Crippen molar-refractivity contribution < 1.29 is 4.79 Å².